The number of hydrogen-bond donors (Lipinski definition) is 2. The largest absolute Gasteiger partial charge is 0.484 e. The highest BCUT2D eigenvalue weighted by Gasteiger charge is 2.24. The number of anilines is 2. The molecule has 3 aromatic rings. The van der Waals surface area contributed by atoms with E-state index >= 15 is 0 Å². The summed E-state index contributed by atoms with van der Waals surface area (Å²) in [5, 5.41) is 2.78. The van der Waals surface area contributed by atoms with Crippen LogP contribution in [-0.2, 0) is 16.0 Å². The molecule has 3 aromatic carbocycles. The van der Waals surface area contributed by atoms with Crippen LogP contribution in [-0.4, -0.2) is 30.9 Å². The molecule has 0 saturated carbocycles. The lowest BCUT2D eigenvalue weighted by molar-refractivity contribution is -0.120. The number of carbonyl (C=O) groups is 3. The highest BCUT2D eigenvalue weighted by molar-refractivity contribution is 6.08. The summed E-state index contributed by atoms with van der Waals surface area (Å²) >= 11 is 0. The molecule has 0 bridgehead atoms. The number of rotatable bonds is 7. The van der Waals surface area contributed by atoms with Crippen LogP contribution in [0, 0.1) is 0 Å². The fraction of sp³-hybridized carbons (Fsp3) is 0.115. The van der Waals surface area contributed by atoms with Crippen LogP contribution >= 0.6 is 0 Å². The summed E-state index contributed by atoms with van der Waals surface area (Å²) in [6.07, 6.45) is 3.93. The third-order valence-corrected chi connectivity index (χ3v) is 5.22. The van der Waals surface area contributed by atoms with Crippen LogP contribution in [0.25, 0.3) is 6.08 Å². The number of nitrogens with one attached hydrogen (secondary N) is 1. The van der Waals surface area contributed by atoms with Gasteiger partial charge in [0.2, 0.25) is 5.91 Å². The van der Waals surface area contributed by atoms with Gasteiger partial charge in [-0.25, -0.2) is 0 Å². The summed E-state index contributed by atoms with van der Waals surface area (Å²) in [4.78, 5) is 37.7. The van der Waals surface area contributed by atoms with Crippen molar-refractivity contribution in [2.75, 3.05) is 23.4 Å². The van der Waals surface area contributed by atoms with Crippen molar-refractivity contribution in [3.63, 3.8) is 0 Å². The maximum absolute atomic E-state index is 12.9. The molecule has 33 heavy (non-hydrogen) atoms. The molecule has 7 heteroatoms. The predicted octanol–water partition coefficient (Wildman–Crippen LogP) is 3.41. The summed E-state index contributed by atoms with van der Waals surface area (Å²) in [5.41, 5.74) is 9.14. The molecule has 0 radical (unpaired) electrons. The lowest BCUT2D eigenvalue weighted by Crippen LogP contribution is -2.28. The van der Waals surface area contributed by atoms with E-state index < -0.39 is 5.91 Å². The average Bonchev–Trinajstić information content (AvgIpc) is 3.26. The molecule has 1 heterocycles. The zero-order valence-electron chi connectivity index (χ0n) is 17.9. The minimum Gasteiger partial charge on any atom is -0.484 e. The van der Waals surface area contributed by atoms with Crippen molar-refractivity contribution in [1.29, 1.82) is 0 Å². The second-order valence-electron chi connectivity index (χ2n) is 7.56. The smallest absolute Gasteiger partial charge is 0.258 e. The minimum atomic E-state index is -0.547. The molecular weight excluding hydrogens is 418 g/mol. The molecule has 0 aromatic heterocycles. The zero-order chi connectivity index (χ0) is 23.2. The Kier molecular flexibility index (Phi) is 6.50. The first kappa shape index (κ1) is 21.8. The van der Waals surface area contributed by atoms with Gasteiger partial charge in [0.05, 0.1) is 0 Å². The fourth-order valence-corrected chi connectivity index (χ4v) is 3.59. The average molecular weight is 441 g/mol. The fourth-order valence-electron chi connectivity index (χ4n) is 3.59. The minimum absolute atomic E-state index is 0.0547. The SMILES string of the molecule is NC(=O)COc1ccc(/C=C/C(=O)Nc2ccc(C(=O)N3CCc4ccccc43)cc2)cc1. The van der Waals surface area contributed by atoms with Gasteiger partial charge in [-0.15, -0.1) is 0 Å². The lowest BCUT2D eigenvalue weighted by atomic mass is 10.1. The van der Waals surface area contributed by atoms with Crippen LogP contribution in [0.4, 0.5) is 11.4 Å². The van der Waals surface area contributed by atoms with E-state index in [2.05, 4.69) is 5.32 Å². The van der Waals surface area contributed by atoms with Gasteiger partial charge in [-0.3, -0.25) is 14.4 Å². The molecule has 0 aliphatic carbocycles. The first-order chi connectivity index (χ1) is 16.0. The summed E-state index contributed by atoms with van der Waals surface area (Å²) in [6, 6.07) is 21.7. The zero-order valence-corrected chi connectivity index (χ0v) is 17.9. The van der Waals surface area contributed by atoms with Gasteiger partial charge in [0.25, 0.3) is 11.8 Å². The van der Waals surface area contributed by atoms with Crippen molar-refractivity contribution in [2.45, 2.75) is 6.42 Å². The van der Waals surface area contributed by atoms with Gasteiger partial charge in [0, 0.05) is 29.6 Å². The van der Waals surface area contributed by atoms with Crippen molar-refractivity contribution in [1.82, 2.24) is 0 Å². The number of nitrogens with two attached hydrogens (primary N) is 1. The molecule has 0 atom stereocenters. The van der Waals surface area contributed by atoms with E-state index in [1.807, 2.05) is 24.3 Å². The highest BCUT2D eigenvalue weighted by atomic mass is 16.5. The first-order valence-electron chi connectivity index (χ1n) is 10.5. The molecule has 166 valence electrons. The quantitative estimate of drug-likeness (QED) is 0.549. The second kappa shape index (κ2) is 9.82. The van der Waals surface area contributed by atoms with E-state index in [0.29, 0.717) is 23.5 Å². The van der Waals surface area contributed by atoms with Gasteiger partial charge in [-0.05, 0) is 66.1 Å². The summed E-state index contributed by atoms with van der Waals surface area (Å²) < 4.78 is 5.20. The maximum atomic E-state index is 12.9. The monoisotopic (exact) mass is 441 g/mol. The molecular formula is C26H23N3O4. The number of primary amides is 1. The van der Waals surface area contributed by atoms with Crippen molar-refractivity contribution in [2.24, 2.45) is 5.73 Å². The number of fused-ring (bicyclic) bond motifs is 1. The van der Waals surface area contributed by atoms with Crippen LogP contribution in [0.3, 0.4) is 0 Å². The van der Waals surface area contributed by atoms with Crippen molar-refractivity contribution in [3.8, 4) is 5.75 Å². The normalized spacial score (nSPS) is 12.4. The van der Waals surface area contributed by atoms with E-state index in [9.17, 15) is 14.4 Å². The molecule has 3 amide bonds. The Morgan fingerprint density at radius 2 is 1.70 bits per heavy atom. The van der Waals surface area contributed by atoms with Gasteiger partial charge in [-0.1, -0.05) is 30.3 Å². The number of benzene rings is 3. The molecule has 1 aliphatic rings. The third kappa shape index (κ3) is 5.46. The van der Waals surface area contributed by atoms with Crippen LogP contribution < -0.4 is 20.7 Å². The Balaban J connectivity index is 1.33. The number of carbonyl (C=O) groups excluding carboxylic acids is 3. The number of hydrogen-bond acceptors (Lipinski definition) is 4. The molecule has 1 aliphatic heterocycles. The molecule has 0 saturated heterocycles. The van der Waals surface area contributed by atoms with Gasteiger partial charge < -0.3 is 20.7 Å². The first-order valence-corrected chi connectivity index (χ1v) is 10.5. The van der Waals surface area contributed by atoms with E-state index in [1.54, 1.807) is 59.5 Å². The van der Waals surface area contributed by atoms with Crippen LogP contribution in [0.15, 0.2) is 78.9 Å². The number of nitrogens with zero attached hydrogens (tertiary/aromatic N) is 1. The molecule has 4 rings (SSSR count). The molecule has 0 unspecified atom stereocenters. The van der Waals surface area contributed by atoms with Crippen LogP contribution in [0.1, 0.15) is 21.5 Å². The van der Waals surface area contributed by atoms with E-state index in [1.165, 1.54) is 11.6 Å². The number of ether oxygens (including phenoxy) is 1. The third-order valence-electron chi connectivity index (χ3n) is 5.22. The Morgan fingerprint density at radius 1 is 0.970 bits per heavy atom. The Hall–Kier alpha value is -4.39. The predicted molar refractivity (Wildman–Crippen MR) is 127 cm³/mol. The van der Waals surface area contributed by atoms with E-state index in [-0.39, 0.29) is 18.4 Å². The van der Waals surface area contributed by atoms with Gasteiger partial charge in [0.1, 0.15) is 5.75 Å². The molecule has 0 spiro atoms. The lowest BCUT2D eigenvalue weighted by Gasteiger charge is -2.17. The summed E-state index contributed by atoms with van der Waals surface area (Å²) in [7, 11) is 0. The van der Waals surface area contributed by atoms with E-state index in [0.717, 1.165) is 17.7 Å². The number of amides is 3. The van der Waals surface area contributed by atoms with Crippen LogP contribution in [0.5, 0.6) is 5.75 Å². The van der Waals surface area contributed by atoms with E-state index in [4.69, 9.17) is 10.5 Å². The Labute approximate surface area is 191 Å². The standard InChI is InChI=1S/C26H23N3O4/c27-24(30)17-33-22-12-5-18(6-13-22)7-14-25(31)28-21-10-8-20(9-11-21)26(32)29-16-15-19-3-1-2-4-23(19)29/h1-14H,15-17H2,(H2,27,30)(H,28,31)/b14-7+. The highest BCUT2D eigenvalue weighted by Crippen LogP contribution is 2.29. The topological polar surface area (TPSA) is 102 Å². The van der Waals surface area contributed by atoms with Crippen molar-refractivity contribution < 1.29 is 19.1 Å². The summed E-state index contributed by atoms with van der Waals surface area (Å²) in [5.74, 6) is -0.380. The number of para-hydroxylation sites is 1. The van der Waals surface area contributed by atoms with Gasteiger partial charge in [-0.2, -0.15) is 0 Å². The van der Waals surface area contributed by atoms with Crippen LogP contribution in [0.2, 0.25) is 0 Å². The second-order valence-corrected chi connectivity index (χ2v) is 7.56. The van der Waals surface area contributed by atoms with Gasteiger partial charge in [0.15, 0.2) is 6.61 Å². The summed E-state index contributed by atoms with van der Waals surface area (Å²) in [6.45, 7) is 0.479. The van der Waals surface area contributed by atoms with Gasteiger partial charge >= 0.3 is 0 Å². The maximum Gasteiger partial charge on any atom is 0.258 e. The Morgan fingerprint density at radius 3 is 2.42 bits per heavy atom. The Bertz CT molecular complexity index is 1200. The molecule has 7 nitrogen and oxygen atoms in total. The van der Waals surface area contributed by atoms with Crippen molar-refractivity contribution >= 4 is 35.2 Å². The van der Waals surface area contributed by atoms with Crippen molar-refractivity contribution in [3.05, 3.63) is 95.6 Å². The molecule has 0 fully saturated rings. The molecule has 3 N–H and O–H groups in total.